The molecule has 2 aromatic carbocycles. The fraction of sp³-hybridized carbons (Fsp3) is 0. The monoisotopic (exact) mass is 494 g/mol. The molecule has 152 valence electrons. The average Bonchev–Trinajstić information content (AvgIpc) is 3.24. The van der Waals surface area contributed by atoms with Crippen molar-refractivity contribution >= 4 is 55.2 Å². The van der Waals surface area contributed by atoms with Crippen LogP contribution in [0.3, 0.4) is 0 Å². The standard InChI is InChI=1S/C21H11BrN4O4S/c22-14-1-6-19-12(7-14)8-17(21(27)30-19)18-11-31-20(25-18)13(9-23)10-24-15-2-4-16(5-3-15)26(28)29/h1-8,10-11,24H. The SMILES string of the molecule is N#CC(=CNc1ccc([N+](=O)[O-])cc1)c1nc(-c2cc3cc(Br)ccc3oc2=O)cs1. The van der Waals surface area contributed by atoms with Gasteiger partial charge in [0.1, 0.15) is 22.2 Å². The summed E-state index contributed by atoms with van der Waals surface area (Å²) >= 11 is 4.61. The average molecular weight is 495 g/mol. The molecule has 0 aliphatic carbocycles. The molecule has 0 aliphatic rings. The summed E-state index contributed by atoms with van der Waals surface area (Å²) in [5.74, 6) is 0. The van der Waals surface area contributed by atoms with Crippen molar-refractivity contribution in [1.29, 1.82) is 5.26 Å². The third-order valence-corrected chi connectivity index (χ3v) is 5.66. The molecule has 10 heteroatoms. The topological polar surface area (TPSA) is 122 Å². The van der Waals surface area contributed by atoms with E-state index in [9.17, 15) is 20.2 Å². The Balaban J connectivity index is 1.62. The van der Waals surface area contributed by atoms with Crippen LogP contribution in [-0.2, 0) is 0 Å². The molecular formula is C21H11BrN4O4S. The van der Waals surface area contributed by atoms with Crippen molar-refractivity contribution in [3.63, 3.8) is 0 Å². The Morgan fingerprint density at radius 1 is 1.26 bits per heavy atom. The predicted molar refractivity (Wildman–Crippen MR) is 122 cm³/mol. The Hall–Kier alpha value is -3.81. The Morgan fingerprint density at radius 2 is 2.03 bits per heavy atom. The van der Waals surface area contributed by atoms with Crippen molar-refractivity contribution in [2.75, 3.05) is 5.32 Å². The molecule has 0 aliphatic heterocycles. The molecule has 4 aromatic rings. The van der Waals surface area contributed by atoms with Crippen LogP contribution in [0.4, 0.5) is 11.4 Å². The van der Waals surface area contributed by atoms with Gasteiger partial charge in [0.2, 0.25) is 0 Å². The Labute approximate surface area is 187 Å². The second kappa shape index (κ2) is 8.51. The minimum Gasteiger partial charge on any atom is -0.422 e. The largest absolute Gasteiger partial charge is 0.422 e. The Bertz CT molecular complexity index is 1430. The predicted octanol–water partition coefficient (Wildman–Crippen LogP) is 5.56. The molecule has 0 bridgehead atoms. The Kier molecular flexibility index (Phi) is 5.62. The van der Waals surface area contributed by atoms with E-state index in [-0.39, 0.29) is 11.3 Å². The van der Waals surface area contributed by atoms with Crippen LogP contribution < -0.4 is 10.9 Å². The fourth-order valence-corrected chi connectivity index (χ4v) is 3.94. The number of anilines is 1. The van der Waals surface area contributed by atoms with Crippen molar-refractivity contribution < 1.29 is 9.34 Å². The van der Waals surface area contributed by atoms with E-state index in [1.807, 2.05) is 6.07 Å². The minimum atomic E-state index is -0.516. The molecule has 0 atom stereocenters. The van der Waals surface area contributed by atoms with Crippen LogP contribution in [0.1, 0.15) is 5.01 Å². The number of nitrogens with zero attached hydrogens (tertiary/aromatic N) is 3. The van der Waals surface area contributed by atoms with E-state index < -0.39 is 10.5 Å². The van der Waals surface area contributed by atoms with Crippen LogP contribution in [0.2, 0.25) is 0 Å². The number of non-ortho nitro benzene ring substituents is 1. The lowest BCUT2D eigenvalue weighted by molar-refractivity contribution is -0.384. The molecule has 2 aromatic heterocycles. The Morgan fingerprint density at radius 3 is 2.74 bits per heavy atom. The van der Waals surface area contributed by atoms with Gasteiger partial charge in [0.25, 0.3) is 5.69 Å². The van der Waals surface area contributed by atoms with Crippen LogP contribution in [0.15, 0.2) is 73.8 Å². The molecule has 0 unspecified atom stereocenters. The van der Waals surface area contributed by atoms with Gasteiger partial charge < -0.3 is 9.73 Å². The number of nitro groups is 1. The summed E-state index contributed by atoms with van der Waals surface area (Å²) in [4.78, 5) is 27.1. The van der Waals surface area contributed by atoms with E-state index >= 15 is 0 Å². The van der Waals surface area contributed by atoms with Gasteiger partial charge >= 0.3 is 5.63 Å². The highest BCUT2D eigenvalue weighted by Crippen LogP contribution is 2.27. The van der Waals surface area contributed by atoms with E-state index in [0.717, 1.165) is 9.86 Å². The van der Waals surface area contributed by atoms with E-state index in [2.05, 4.69) is 32.3 Å². The molecule has 0 fully saturated rings. The number of aromatic nitrogens is 1. The number of rotatable bonds is 5. The highest BCUT2D eigenvalue weighted by molar-refractivity contribution is 9.10. The number of nitriles is 1. The lowest BCUT2D eigenvalue weighted by atomic mass is 10.1. The lowest BCUT2D eigenvalue weighted by Gasteiger charge is -2.01. The zero-order valence-electron chi connectivity index (χ0n) is 15.5. The first kappa shape index (κ1) is 20.5. The van der Waals surface area contributed by atoms with Crippen molar-refractivity contribution in [1.82, 2.24) is 4.98 Å². The van der Waals surface area contributed by atoms with E-state index in [4.69, 9.17) is 4.42 Å². The summed E-state index contributed by atoms with van der Waals surface area (Å²) in [6.45, 7) is 0. The van der Waals surface area contributed by atoms with Gasteiger partial charge in [-0.3, -0.25) is 10.1 Å². The second-order valence-electron chi connectivity index (χ2n) is 6.29. The maximum absolute atomic E-state index is 12.4. The van der Waals surface area contributed by atoms with Gasteiger partial charge in [0.15, 0.2) is 0 Å². The number of nitrogens with one attached hydrogen (secondary N) is 1. The number of nitro benzene ring substituents is 1. The van der Waals surface area contributed by atoms with Crippen molar-refractivity contribution in [3.8, 4) is 17.3 Å². The summed E-state index contributed by atoms with van der Waals surface area (Å²) < 4.78 is 6.23. The van der Waals surface area contributed by atoms with Gasteiger partial charge in [-0.15, -0.1) is 11.3 Å². The summed E-state index contributed by atoms with van der Waals surface area (Å²) in [6.07, 6.45) is 1.46. The van der Waals surface area contributed by atoms with Gasteiger partial charge in [0.05, 0.1) is 16.2 Å². The number of halogens is 1. The van der Waals surface area contributed by atoms with Crippen LogP contribution in [-0.4, -0.2) is 9.91 Å². The normalized spacial score (nSPS) is 11.3. The first-order valence-corrected chi connectivity index (χ1v) is 10.4. The van der Waals surface area contributed by atoms with Crippen LogP contribution in [0, 0.1) is 21.4 Å². The zero-order chi connectivity index (χ0) is 22.0. The maximum Gasteiger partial charge on any atom is 0.345 e. The number of thiazole rings is 1. The molecule has 8 nitrogen and oxygen atoms in total. The minimum absolute atomic E-state index is 0.0270. The number of allylic oxidation sites excluding steroid dienone is 1. The fourth-order valence-electron chi connectivity index (χ4n) is 2.77. The number of hydrogen-bond donors (Lipinski definition) is 1. The number of benzene rings is 2. The summed E-state index contributed by atoms with van der Waals surface area (Å²) in [7, 11) is 0. The molecule has 31 heavy (non-hydrogen) atoms. The molecule has 0 saturated heterocycles. The van der Waals surface area contributed by atoms with E-state index in [1.54, 1.807) is 23.6 Å². The second-order valence-corrected chi connectivity index (χ2v) is 8.06. The van der Waals surface area contributed by atoms with Crippen molar-refractivity contribution in [2.45, 2.75) is 0 Å². The van der Waals surface area contributed by atoms with Crippen molar-refractivity contribution in [3.05, 3.63) is 90.1 Å². The highest BCUT2D eigenvalue weighted by atomic mass is 79.9. The zero-order valence-corrected chi connectivity index (χ0v) is 17.9. The molecule has 2 heterocycles. The van der Waals surface area contributed by atoms with Gasteiger partial charge in [0, 0.05) is 39.3 Å². The van der Waals surface area contributed by atoms with Crippen LogP contribution in [0.25, 0.3) is 27.8 Å². The molecule has 0 spiro atoms. The molecule has 0 radical (unpaired) electrons. The van der Waals surface area contributed by atoms with Crippen molar-refractivity contribution in [2.24, 2.45) is 0 Å². The summed E-state index contributed by atoms with van der Waals surface area (Å²) in [6, 6.07) is 14.9. The van der Waals surface area contributed by atoms with Gasteiger partial charge in [-0.1, -0.05) is 15.9 Å². The summed E-state index contributed by atoms with van der Waals surface area (Å²) in [5.41, 5.74) is 1.47. The first-order chi connectivity index (χ1) is 14.9. The lowest BCUT2D eigenvalue weighted by Crippen LogP contribution is -2.03. The van der Waals surface area contributed by atoms with Gasteiger partial charge in [-0.2, -0.15) is 5.26 Å². The summed E-state index contributed by atoms with van der Waals surface area (Å²) in [5, 5.41) is 26.0. The molecule has 0 saturated carbocycles. The number of fused-ring (bicyclic) bond motifs is 1. The molecular weight excluding hydrogens is 484 g/mol. The molecule has 4 rings (SSSR count). The third kappa shape index (κ3) is 4.37. The quantitative estimate of drug-likeness (QED) is 0.166. The van der Waals surface area contributed by atoms with Gasteiger partial charge in [-0.25, -0.2) is 9.78 Å². The van der Waals surface area contributed by atoms with E-state index in [1.165, 1.54) is 41.8 Å². The first-order valence-electron chi connectivity index (χ1n) is 8.75. The van der Waals surface area contributed by atoms with Crippen LogP contribution >= 0.6 is 27.3 Å². The third-order valence-electron chi connectivity index (χ3n) is 4.29. The smallest absolute Gasteiger partial charge is 0.345 e. The molecule has 0 amide bonds. The van der Waals surface area contributed by atoms with Gasteiger partial charge in [-0.05, 0) is 36.4 Å². The van der Waals surface area contributed by atoms with E-state index in [0.29, 0.717) is 27.5 Å². The van der Waals surface area contributed by atoms with Crippen LogP contribution in [0.5, 0.6) is 0 Å². The number of hydrogen-bond acceptors (Lipinski definition) is 8. The molecule has 1 N–H and O–H groups in total. The maximum atomic E-state index is 12.4. The highest BCUT2D eigenvalue weighted by Gasteiger charge is 2.14.